The summed E-state index contributed by atoms with van der Waals surface area (Å²) < 4.78 is 27.0. The Kier molecular flexibility index (Phi) is 5.97. The number of carbonyl (C=O) groups excluding carboxylic acids is 1. The number of sulfonamides is 1. The molecule has 5 nitrogen and oxygen atoms in total. The molecule has 0 saturated carbocycles. The molecule has 0 aliphatic carbocycles. The number of nitrogens with zero attached hydrogens (tertiary/aromatic N) is 1. The molecule has 1 aromatic carbocycles. The van der Waals surface area contributed by atoms with Crippen LogP contribution in [0, 0.1) is 0 Å². The van der Waals surface area contributed by atoms with Crippen molar-refractivity contribution in [2.45, 2.75) is 50.0 Å². The smallest absolute Gasteiger partial charge is 0.241 e. The minimum absolute atomic E-state index is 0.138. The van der Waals surface area contributed by atoms with Crippen LogP contribution in [0.25, 0.3) is 0 Å². The molecule has 0 radical (unpaired) electrons. The Morgan fingerprint density at radius 3 is 2.18 bits per heavy atom. The fraction of sp³-hybridized carbons (Fsp3) is 0.562. The second-order valence-corrected chi connectivity index (χ2v) is 7.46. The Hall–Kier alpha value is -1.40. The molecule has 1 N–H and O–H groups in total. The summed E-state index contributed by atoms with van der Waals surface area (Å²) in [4.78, 5) is 14.4. The maximum atomic E-state index is 12.5. The first-order chi connectivity index (χ1) is 10.5. The van der Waals surface area contributed by atoms with Gasteiger partial charge in [-0.3, -0.25) is 4.79 Å². The minimum atomic E-state index is -3.66. The lowest BCUT2D eigenvalue weighted by atomic mass is 10.1. The molecule has 1 aromatic rings. The first-order valence-corrected chi connectivity index (χ1v) is 9.35. The zero-order chi connectivity index (χ0) is 16.0. The van der Waals surface area contributed by atoms with E-state index < -0.39 is 16.1 Å². The van der Waals surface area contributed by atoms with Crippen LogP contribution in [0.3, 0.4) is 0 Å². The second-order valence-electron chi connectivity index (χ2n) is 5.75. The van der Waals surface area contributed by atoms with Crippen molar-refractivity contribution in [3.63, 3.8) is 0 Å². The number of rotatable bonds is 4. The number of benzene rings is 1. The van der Waals surface area contributed by atoms with Crippen molar-refractivity contribution in [2.24, 2.45) is 0 Å². The number of carbonyl (C=O) groups is 1. The van der Waals surface area contributed by atoms with Crippen LogP contribution < -0.4 is 4.72 Å². The largest absolute Gasteiger partial charge is 0.341 e. The van der Waals surface area contributed by atoms with Gasteiger partial charge in [-0.1, -0.05) is 37.5 Å². The van der Waals surface area contributed by atoms with Gasteiger partial charge in [-0.25, -0.2) is 8.42 Å². The van der Waals surface area contributed by atoms with Gasteiger partial charge in [0.1, 0.15) is 0 Å². The molecule has 0 spiro atoms. The van der Waals surface area contributed by atoms with Crippen LogP contribution in [0.1, 0.15) is 39.0 Å². The summed E-state index contributed by atoms with van der Waals surface area (Å²) in [5.74, 6) is -0.138. The van der Waals surface area contributed by atoms with Crippen molar-refractivity contribution in [3.05, 3.63) is 30.3 Å². The lowest BCUT2D eigenvalue weighted by Gasteiger charge is -2.27. The number of hydrogen-bond donors (Lipinski definition) is 1. The van der Waals surface area contributed by atoms with E-state index in [1.807, 2.05) is 0 Å². The molecule has 1 amide bonds. The molecule has 1 heterocycles. The van der Waals surface area contributed by atoms with E-state index in [1.165, 1.54) is 18.6 Å². The Bertz CT molecular complexity index is 579. The molecule has 1 fully saturated rings. The van der Waals surface area contributed by atoms with Gasteiger partial charge in [0, 0.05) is 13.1 Å². The highest BCUT2D eigenvalue weighted by atomic mass is 32.2. The lowest BCUT2D eigenvalue weighted by molar-refractivity contribution is -0.132. The highest BCUT2D eigenvalue weighted by molar-refractivity contribution is 7.89. The van der Waals surface area contributed by atoms with E-state index in [0.717, 1.165) is 38.8 Å². The Balaban J connectivity index is 2.01. The fourth-order valence-corrected chi connectivity index (χ4v) is 3.91. The number of nitrogens with one attached hydrogen (secondary N) is 1. The first-order valence-electron chi connectivity index (χ1n) is 7.87. The third kappa shape index (κ3) is 4.55. The van der Waals surface area contributed by atoms with E-state index in [1.54, 1.807) is 30.0 Å². The maximum Gasteiger partial charge on any atom is 0.241 e. The third-order valence-electron chi connectivity index (χ3n) is 3.92. The Morgan fingerprint density at radius 1 is 1.05 bits per heavy atom. The highest BCUT2D eigenvalue weighted by Gasteiger charge is 2.25. The quantitative estimate of drug-likeness (QED) is 0.923. The van der Waals surface area contributed by atoms with Crippen LogP contribution in [0.15, 0.2) is 35.2 Å². The van der Waals surface area contributed by atoms with Crippen LogP contribution in [0.4, 0.5) is 0 Å². The summed E-state index contributed by atoms with van der Waals surface area (Å²) in [6.45, 7) is 3.05. The van der Waals surface area contributed by atoms with Gasteiger partial charge < -0.3 is 4.90 Å². The van der Waals surface area contributed by atoms with Crippen LogP contribution in [0.2, 0.25) is 0 Å². The van der Waals surface area contributed by atoms with Crippen molar-refractivity contribution >= 4 is 15.9 Å². The highest BCUT2D eigenvalue weighted by Crippen LogP contribution is 2.13. The third-order valence-corrected chi connectivity index (χ3v) is 5.48. The predicted octanol–water partition coefficient (Wildman–Crippen LogP) is 2.15. The molecule has 1 saturated heterocycles. The van der Waals surface area contributed by atoms with Gasteiger partial charge in [-0.15, -0.1) is 0 Å². The topological polar surface area (TPSA) is 66.5 Å². The maximum absolute atomic E-state index is 12.5. The molecule has 2 rings (SSSR count). The molecule has 6 heteroatoms. The van der Waals surface area contributed by atoms with Gasteiger partial charge in [-0.05, 0) is 31.9 Å². The average Bonchev–Trinajstić information content (AvgIpc) is 2.47. The van der Waals surface area contributed by atoms with Gasteiger partial charge in [0.25, 0.3) is 0 Å². The van der Waals surface area contributed by atoms with E-state index >= 15 is 0 Å². The van der Waals surface area contributed by atoms with Gasteiger partial charge in [0.2, 0.25) is 15.9 Å². The predicted molar refractivity (Wildman–Crippen MR) is 85.9 cm³/mol. The van der Waals surface area contributed by atoms with Crippen LogP contribution in [-0.4, -0.2) is 38.4 Å². The van der Waals surface area contributed by atoms with Crippen LogP contribution in [0.5, 0.6) is 0 Å². The van der Waals surface area contributed by atoms with E-state index in [2.05, 4.69) is 4.72 Å². The minimum Gasteiger partial charge on any atom is -0.341 e. The standard InChI is InChI=1S/C16H24N2O3S/c1-14(16(19)18-12-8-3-2-4-9-13-18)17-22(20,21)15-10-6-5-7-11-15/h5-7,10-11,14,17H,2-4,8-9,12-13H2,1H3/t14-/m0/s1. The first kappa shape index (κ1) is 17.0. The molecule has 1 aliphatic rings. The molecule has 122 valence electrons. The van der Waals surface area contributed by atoms with E-state index in [-0.39, 0.29) is 10.8 Å². The molecule has 0 aromatic heterocycles. The van der Waals surface area contributed by atoms with Crippen molar-refractivity contribution in [3.8, 4) is 0 Å². The van der Waals surface area contributed by atoms with Crippen LogP contribution >= 0.6 is 0 Å². The zero-order valence-electron chi connectivity index (χ0n) is 13.0. The molecular formula is C16H24N2O3S. The summed E-state index contributed by atoms with van der Waals surface area (Å²) >= 11 is 0. The fourth-order valence-electron chi connectivity index (χ4n) is 2.69. The summed E-state index contributed by atoms with van der Waals surface area (Å²) in [6.07, 6.45) is 5.47. The van der Waals surface area contributed by atoms with Gasteiger partial charge in [0.15, 0.2) is 0 Å². The molecule has 0 unspecified atom stereocenters. The van der Waals surface area contributed by atoms with Crippen molar-refractivity contribution in [1.29, 1.82) is 0 Å². The van der Waals surface area contributed by atoms with Crippen molar-refractivity contribution in [2.75, 3.05) is 13.1 Å². The monoisotopic (exact) mass is 324 g/mol. The summed E-state index contributed by atoms with van der Waals surface area (Å²) in [5.41, 5.74) is 0. The summed E-state index contributed by atoms with van der Waals surface area (Å²) in [7, 11) is -3.66. The Morgan fingerprint density at radius 2 is 1.59 bits per heavy atom. The second kappa shape index (κ2) is 7.74. The number of amides is 1. The Labute approximate surface area is 132 Å². The van der Waals surface area contributed by atoms with E-state index in [9.17, 15) is 13.2 Å². The van der Waals surface area contributed by atoms with Crippen molar-refractivity contribution < 1.29 is 13.2 Å². The SMILES string of the molecule is C[C@H](NS(=O)(=O)c1ccccc1)C(=O)N1CCCCCCC1. The summed E-state index contributed by atoms with van der Waals surface area (Å²) in [6, 6.07) is 7.39. The van der Waals surface area contributed by atoms with Gasteiger partial charge in [0.05, 0.1) is 10.9 Å². The van der Waals surface area contributed by atoms with E-state index in [0.29, 0.717) is 0 Å². The van der Waals surface area contributed by atoms with Crippen LogP contribution in [-0.2, 0) is 14.8 Å². The molecule has 1 aliphatic heterocycles. The normalized spacial score (nSPS) is 18.3. The van der Waals surface area contributed by atoms with Gasteiger partial charge in [-0.2, -0.15) is 4.72 Å². The summed E-state index contributed by atoms with van der Waals surface area (Å²) in [5, 5.41) is 0. The number of hydrogen-bond acceptors (Lipinski definition) is 3. The molecule has 1 atom stereocenters. The van der Waals surface area contributed by atoms with Crippen molar-refractivity contribution in [1.82, 2.24) is 9.62 Å². The number of likely N-dealkylation sites (tertiary alicyclic amines) is 1. The molecule has 0 bridgehead atoms. The van der Waals surface area contributed by atoms with E-state index in [4.69, 9.17) is 0 Å². The average molecular weight is 324 g/mol. The molecular weight excluding hydrogens is 300 g/mol. The zero-order valence-corrected chi connectivity index (χ0v) is 13.8. The van der Waals surface area contributed by atoms with Gasteiger partial charge >= 0.3 is 0 Å². The lowest BCUT2D eigenvalue weighted by Crippen LogP contribution is -2.47. The molecule has 22 heavy (non-hydrogen) atoms.